The number of thioether (sulfide) groups is 1. The molecule has 0 aromatic heterocycles. The number of rotatable bonds is 3. The van der Waals surface area contributed by atoms with Crippen molar-refractivity contribution in [3.63, 3.8) is 0 Å². The second kappa shape index (κ2) is 6.26. The summed E-state index contributed by atoms with van der Waals surface area (Å²) in [6, 6.07) is 6.91. The van der Waals surface area contributed by atoms with Crippen LogP contribution in [0.25, 0.3) is 0 Å². The number of amidine groups is 1. The summed E-state index contributed by atoms with van der Waals surface area (Å²) in [4.78, 5) is 0. The molecule has 0 aliphatic heterocycles. The molecule has 0 radical (unpaired) electrons. The van der Waals surface area contributed by atoms with E-state index in [9.17, 15) is 13.4 Å². The zero-order valence-corrected chi connectivity index (χ0v) is 9.18. The first-order valence-corrected chi connectivity index (χ1v) is 5.23. The van der Waals surface area contributed by atoms with Gasteiger partial charge >= 0.3 is 0 Å². The Morgan fingerprint density at radius 3 is 2.69 bits per heavy atom. The second-order valence-corrected chi connectivity index (χ2v) is 3.64. The minimum absolute atomic E-state index is 0.150. The summed E-state index contributed by atoms with van der Waals surface area (Å²) in [5.74, 6) is 0.717. The minimum Gasteiger partial charge on any atom is -0.496 e. The number of halogens is 3. The third-order valence-electron chi connectivity index (χ3n) is 1.77. The molecule has 0 atom stereocenters. The smallest absolute Gasteiger partial charge is 0.259 e. The Balaban J connectivity index is 2.67. The summed E-state index contributed by atoms with van der Waals surface area (Å²) in [5.41, 5.74) is 0.693. The zero-order chi connectivity index (χ0) is 12.0. The number of benzene rings is 1. The van der Waals surface area contributed by atoms with Gasteiger partial charge in [0.2, 0.25) is 0 Å². The fourth-order valence-corrected chi connectivity index (χ4v) is 1.74. The first-order valence-electron chi connectivity index (χ1n) is 4.24. The highest BCUT2D eigenvalue weighted by atomic mass is 32.2. The normalized spacial score (nSPS) is 11.4. The largest absolute Gasteiger partial charge is 0.496 e. The first-order chi connectivity index (χ1) is 7.69. The molecule has 0 aliphatic rings. The number of hydrogen-bond donors (Lipinski definition) is 0. The van der Waals surface area contributed by atoms with Crippen molar-refractivity contribution in [2.24, 2.45) is 5.21 Å². The topological polar surface area (TPSA) is 24.8 Å². The summed E-state index contributed by atoms with van der Waals surface area (Å²) in [6.45, 7) is 0. The summed E-state index contributed by atoms with van der Waals surface area (Å²) >= 11 is 0.583. The maximum Gasteiger partial charge on any atom is 0.259 e. The van der Waals surface area contributed by atoms with Crippen LogP contribution in [-0.4, -0.2) is 17.6 Å². The van der Waals surface area contributed by atoms with E-state index in [1.54, 1.807) is 24.3 Å². The number of methoxy groups -OCH3 is 1. The molecule has 0 aliphatic carbocycles. The lowest BCUT2D eigenvalue weighted by molar-refractivity contribution is -0.0709. The quantitative estimate of drug-likeness (QED) is 0.467. The molecule has 1 aromatic carbocycles. The number of hydrogen-bond acceptors (Lipinski definition) is 3. The first kappa shape index (κ1) is 12.7. The van der Waals surface area contributed by atoms with Gasteiger partial charge in [-0.2, -0.15) is 0 Å². The van der Waals surface area contributed by atoms with Crippen LogP contribution in [0.1, 0.15) is 5.56 Å². The molecule has 0 unspecified atom stereocenters. The monoisotopic (exact) mass is 250 g/mol. The molecule has 1 aromatic rings. The fraction of sp³-hybridized carbons (Fsp3) is 0.222. The van der Waals surface area contributed by atoms with Crippen LogP contribution in [0.5, 0.6) is 5.75 Å². The lowest BCUT2D eigenvalue weighted by atomic mass is 10.2. The minimum atomic E-state index is -1.36. The van der Waals surface area contributed by atoms with Gasteiger partial charge in [0.05, 0.1) is 7.11 Å². The predicted molar refractivity (Wildman–Crippen MR) is 56.9 cm³/mol. The van der Waals surface area contributed by atoms with Gasteiger partial charge in [-0.05, 0) is 11.4 Å². The molecular weight excluding hydrogens is 241 g/mol. The van der Waals surface area contributed by atoms with E-state index >= 15 is 0 Å². The third-order valence-corrected chi connectivity index (χ3v) is 2.69. The molecule has 16 heavy (non-hydrogen) atoms. The van der Waals surface area contributed by atoms with Crippen LogP contribution in [0, 0.1) is 0 Å². The Labute approximate surface area is 94.7 Å². The second-order valence-electron chi connectivity index (χ2n) is 2.70. The van der Waals surface area contributed by atoms with Crippen LogP contribution in [-0.2, 0) is 5.75 Å². The van der Waals surface area contributed by atoms with Gasteiger partial charge in [0.1, 0.15) is 5.75 Å². The summed E-state index contributed by atoms with van der Waals surface area (Å²) in [6.07, 6.45) is 0. The Hall–Kier alpha value is -1.37. The van der Waals surface area contributed by atoms with Crippen molar-refractivity contribution in [3.05, 3.63) is 29.8 Å². The van der Waals surface area contributed by atoms with Gasteiger partial charge in [-0.15, -0.1) is 0 Å². The average Bonchev–Trinajstić information content (AvgIpc) is 2.30. The maximum atomic E-state index is 12.0. The molecule has 88 valence electrons. The van der Waals surface area contributed by atoms with Crippen molar-refractivity contribution in [2.75, 3.05) is 7.11 Å². The number of para-hydroxylation sites is 1. The average molecular weight is 250 g/mol. The summed E-state index contributed by atoms with van der Waals surface area (Å²) in [5, 5.41) is -0.369. The van der Waals surface area contributed by atoms with Gasteiger partial charge in [-0.25, -0.2) is 0 Å². The van der Waals surface area contributed by atoms with E-state index in [2.05, 4.69) is 0 Å². The van der Waals surface area contributed by atoms with Crippen molar-refractivity contribution in [3.8, 4) is 5.75 Å². The van der Waals surface area contributed by atoms with Crippen molar-refractivity contribution in [1.29, 1.82) is 0 Å². The van der Waals surface area contributed by atoms with Crippen LogP contribution in [0.4, 0.5) is 13.4 Å². The standard InChI is InChI=1S/C9H9F3N2OS/c1-15-8-5-3-2-4-7(8)6-16-9(13-10)14(11)12/h2-5H,6H2,1H3. The van der Waals surface area contributed by atoms with Gasteiger partial charge < -0.3 is 4.74 Å². The van der Waals surface area contributed by atoms with Crippen LogP contribution in [0.2, 0.25) is 0 Å². The van der Waals surface area contributed by atoms with E-state index in [0.717, 1.165) is 0 Å². The van der Waals surface area contributed by atoms with Crippen molar-refractivity contribution in [2.45, 2.75) is 5.75 Å². The van der Waals surface area contributed by atoms with E-state index in [4.69, 9.17) is 4.74 Å². The van der Waals surface area contributed by atoms with E-state index in [1.807, 2.05) is 5.21 Å². The highest BCUT2D eigenvalue weighted by Gasteiger charge is 2.12. The molecule has 0 N–H and O–H groups in total. The Morgan fingerprint density at radius 2 is 2.12 bits per heavy atom. The molecular formula is C9H9F3N2OS. The molecule has 0 saturated heterocycles. The van der Waals surface area contributed by atoms with E-state index < -0.39 is 10.5 Å². The maximum absolute atomic E-state index is 12.0. The highest BCUT2D eigenvalue weighted by molar-refractivity contribution is 8.13. The Bertz CT molecular complexity index is 374. The van der Waals surface area contributed by atoms with E-state index in [-0.39, 0.29) is 5.75 Å². The van der Waals surface area contributed by atoms with Gasteiger partial charge in [0, 0.05) is 11.3 Å². The van der Waals surface area contributed by atoms with Crippen LogP contribution in [0.3, 0.4) is 0 Å². The Kier molecular flexibility index (Phi) is 4.97. The van der Waals surface area contributed by atoms with Gasteiger partial charge in [-0.1, -0.05) is 48.6 Å². The molecule has 0 fully saturated rings. The van der Waals surface area contributed by atoms with Crippen LogP contribution in [0.15, 0.2) is 29.5 Å². The predicted octanol–water partition coefficient (Wildman–Crippen LogP) is 3.24. The zero-order valence-electron chi connectivity index (χ0n) is 8.36. The number of ether oxygens (including phenoxy) is 1. The van der Waals surface area contributed by atoms with Crippen molar-refractivity contribution < 1.29 is 18.2 Å². The SMILES string of the molecule is COc1ccccc1CSC(=NF)N(F)F. The summed E-state index contributed by atoms with van der Waals surface area (Å²) in [7, 11) is 1.48. The number of nitrogens with zero attached hydrogens (tertiary/aromatic N) is 2. The molecule has 0 spiro atoms. The highest BCUT2D eigenvalue weighted by Crippen LogP contribution is 2.24. The van der Waals surface area contributed by atoms with Gasteiger partial charge in [0.25, 0.3) is 5.17 Å². The molecule has 7 heteroatoms. The van der Waals surface area contributed by atoms with Crippen LogP contribution >= 0.6 is 11.8 Å². The van der Waals surface area contributed by atoms with Gasteiger partial charge in [0.15, 0.2) is 0 Å². The molecule has 1 rings (SSSR count). The lowest BCUT2D eigenvalue weighted by Crippen LogP contribution is -2.08. The van der Waals surface area contributed by atoms with Crippen molar-refractivity contribution in [1.82, 2.24) is 5.34 Å². The molecule has 0 bridgehead atoms. The fourth-order valence-electron chi connectivity index (χ4n) is 1.07. The molecule has 0 saturated carbocycles. The molecule has 3 nitrogen and oxygen atoms in total. The molecule has 0 heterocycles. The Morgan fingerprint density at radius 1 is 1.44 bits per heavy atom. The van der Waals surface area contributed by atoms with E-state index in [0.29, 0.717) is 23.1 Å². The lowest BCUT2D eigenvalue weighted by Gasteiger charge is -2.08. The summed E-state index contributed by atoms with van der Waals surface area (Å²) < 4.78 is 40.8. The van der Waals surface area contributed by atoms with Crippen molar-refractivity contribution >= 4 is 16.9 Å². The van der Waals surface area contributed by atoms with Gasteiger partial charge in [-0.3, -0.25) is 0 Å². The van der Waals surface area contributed by atoms with Crippen LogP contribution < -0.4 is 4.74 Å². The third kappa shape index (κ3) is 3.34. The molecule has 0 amide bonds. The van der Waals surface area contributed by atoms with E-state index in [1.165, 1.54) is 7.11 Å².